The van der Waals surface area contributed by atoms with E-state index in [1.54, 1.807) is 0 Å². The Morgan fingerprint density at radius 2 is 1.94 bits per heavy atom. The zero-order valence-corrected chi connectivity index (χ0v) is 11.3. The van der Waals surface area contributed by atoms with Crippen LogP contribution in [0.4, 0.5) is 0 Å². The number of benzene rings is 1. The average molecular weight is 247 g/mol. The zero-order valence-electron chi connectivity index (χ0n) is 11.3. The van der Waals surface area contributed by atoms with Gasteiger partial charge < -0.3 is 10.4 Å². The summed E-state index contributed by atoms with van der Waals surface area (Å²) in [6, 6.07) is 11.4. The molecule has 1 aliphatic rings. The maximum atomic E-state index is 9.94. The molecule has 100 valence electrons. The molecule has 0 aliphatic heterocycles. The van der Waals surface area contributed by atoms with E-state index >= 15 is 0 Å². The van der Waals surface area contributed by atoms with Crippen molar-refractivity contribution in [2.24, 2.45) is 0 Å². The molecule has 2 N–H and O–H groups in total. The zero-order chi connectivity index (χ0) is 12.8. The van der Waals surface area contributed by atoms with Crippen LogP contribution >= 0.6 is 0 Å². The lowest BCUT2D eigenvalue weighted by molar-refractivity contribution is 0.0854. The van der Waals surface area contributed by atoms with E-state index < -0.39 is 0 Å². The number of hydrogen-bond acceptors (Lipinski definition) is 2. The minimum absolute atomic E-state index is 0.141. The Morgan fingerprint density at radius 3 is 2.67 bits per heavy atom. The van der Waals surface area contributed by atoms with Crippen LogP contribution in [0.2, 0.25) is 0 Å². The molecule has 2 rings (SSSR count). The maximum Gasteiger partial charge on any atom is 0.0693 e. The largest absolute Gasteiger partial charge is 0.392 e. The summed E-state index contributed by atoms with van der Waals surface area (Å²) in [6.07, 6.45) is 6.61. The molecule has 3 atom stereocenters. The molecule has 0 amide bonds. The first-order chi connectivity index (χ1) is 8.75. The monoisotopic (exact) mass is 247 g/mol. The first-order valence-electron chi connectivity index (χ1n) is 7.24. The van der Waals surface area contributed by atoms with E-state index in [4.69, 9.17) is 0 Å². The van der Waals surface area contributed by atoms with Crippen LogP contribution in [0.5, 0.6) is 0 Å². The van der Waals surface area contributed by atoms with Crippen molar-refractivity contribution in [2.45, 2.75) is 63.6 Å². The van der Waals surface area contributed by atoms with E-state index in [9.17, 15) is 5.11 Å². The van der Waals surface area contributed by atoms with E-state index in [0.717, 1.165) is 25.7 Å². The highest BCUT2D eigenvalue weighted by Gasteiger charge is 2.23. The molecule has 0 heterocycles. The normalized spacial score (nSPS) is 25.9. The van der Waals surface area contributed by atoms with Crippen molar-refractivity contribution < 1.29 is 5.11 Å². The number of nitrogens with one attached hydrogen (secondary N) is 1. The fourth-order valence-electron chi connectivity index (χ4n) is 2.78. The highest BCUT2D eigenvalue weighted by molar-refractivity contribution is 5.14. The number of aryl methyl sites for hydroxylation is 1. The second-order valence-electron chi connectivity index (χ2n) is 5.55. The molecule has 0 radical (unpaired) electrons. The predicted octanol–water partition coefficient (Wildman–Crippen LogP) is 2.90. The SMILES string of the molecule is CC(CCc1ccccc1)N[C@@H]1CCCC[C@H]1O. The lowest BCUT2D eigenvalue weighted by Crippen LogP contribution is -2.46. The molecule has 1 aliphatic carbocycles. The smallest absolute Gasteiger partial charge is 0.0693 e. The summed E-state index contributed by atoms with van der Waals surface area (Å²) in [4.78, 5) is 0. The molecule has 0 aromatic heterocycles. The van der Waals surface area contributed by atoms with Crippen LogP contribution in [-0.4, -0.2) is 23.3 Å². The second-order valence-corrected chi connectivity index (χ2v) is 5.55. The predicted molar refractivity (Wildman–Crippen MR) is 75.6 cm³/mol. The van der Waals surface area contributed by atoms with Crippen molar-refractivity contribution in [1.29, 1.82) is 0 Å². The van der Waals surface area contributed by atoms with Crippen LogP contribution < -0.4 is 5.32 Å². The number of aliphatic hydroxyl groups is 1. The molecule has 18 heavy (non-hydrogen) atoms. The highest BCUT2D eigenvalue weighted by atomic mass is 16.3. The molecule has 1 saturated carbocycles. The number of aliphatic hydroxyl groups excluding tert-OH is 1. The standard InChI is InChI=1S/C16H25NO/c1-13(11-12-14-7-3-2-4-8-14)17-15-9-5-6-10-16(15)18/h2-4,7-8,13,15-18H,5-6,9-12H2,1H3/t13?,15-,16-/m1/s1. The number of hydrogen-bond donors (Lipinski definition) is 2. The van der Waals surface area contributed by atoms with Gasteiger partial charge in [0.2, 0.25) is 0 Å². The Morgan fingerprint density at radius 1 is 1.22 bits per heavy atom. The van der Waals surface area contributed by atoms with Crippen LogP contribution in [0, 0.1) is 0 Å². The Bertz CT molecular complexity index is 338. The van der Waals surface area contributed by atoms with Crippen LogP contribution in [0.1, 0.15) is 44.6 Å². The minimum atomic E-state index is -0.141. The third-order valence-electron chi connectivity index (χ3n) is 3.94. The molecule has 1 aromatic rings. The van der Waals surface area contributed by atoms with E-state index in [-0.39, 0.29) is 6.10 Å². The molecular formula is C16H25NO. The molecule has 0 bridgehead atoms. The molecule has 1 fully saturated rings. The summed E-state index contributed by atoms with van der Waals surface area (Å²) in [5.74, 6) is 0. The van der Waals surface area contributed by atoms with E-state index in [1.807, 2.05) is 0 Å². The second kappa shape index (κ2) is 6.91. The Kier molecular flexibility index (Phi) is 5.21. The molecule has 1 unspecified atom stereocenters. The van der Waals surface area contributed by atoms with Crippen LogP contribution in [0.25, 0.3) is 0 Å². The summed E-state index contributed by atoms with van der Waals surface area (Å²) in [5, 5.41) is 13.5. The molecular weight excluding hydrogens is 222 g/mol. The van der Waals surface area contributed by atoms with E-state index in [2.05, 4.69) is 42.6 Å². The summed E-state index contributed by atoms with van der Waals surface area (Å²) in [7, 11) is 0. The van der Waals surface area contributed by atoms with Crippen LogP contribution in [0.15, 0.2) is 30.3 Å². The Hall–Kier alpha value is -0.860. The van der Waals surface area contributed by atoms with E-state index in [1.165, 1.54) is 18.4 Å². The summed E-state index contributed by atoms with van der Waals surface area (Å²) >= 11 is 0. The molecule has 0 saturated heterocycles. The lowest BCUT2D eigenvalue weighted by atomic mass is 9.91. The lowest BCUT2D eigenvalue weighted by Gasteiger charge is -2.31. The molecule has 2 heteroatoms. The van der Waals surface area contributed by atoms with E-state index in [0.29, 0.717) is 12.1 Å². The Balaban J connectivity index is 1.73. The van der Waals surface area contributed by atoms with Crippen molar-refractivity contribution >= 4 is 0 Å². The van der Waals surface area contributed by atoms with Gasteiger partial charge in [0.1, 0.15) is 0 Å². The fourth-order valence-corrected chi connectivity index (χ4v) is 2.78. The third-order valence-corrected chi connectivity index (χ3v) is 3.94. The van der Waals surface area contributed by atoms with Crippen molar-refractivity contribution in [1.82, 2.24) is 5.32 Å². The van der Waals surface area contributed by atoms with Gasteiger partial charge in [-0.25, -0.2) is 0 Å². The van der Waals surface area contributed by atoms with Crippen molar-refractivity contribution in [3.63, 3.8) is 0 Å². The quantitative estimate of drug-likeness (QED) is 0.838. The summed E-state index contributed by atoms with van der Waals surface area (Å²) < 4.78 is 0. The van der Waals surface area contributed by atoms with Gasteiger partial charge in [-0.1, -0.05) is 43.2 Å². The van der Waals surface area contributed by atoms with Gasteiger partial charge in [0.15, 0.2) is 0 Å². The van der Waals surface area contributed by atoms with Gasteiger partial charge in [-0.2, -0.15) is 0 Å². The summed E-state index contributed by atoms with van der Waals surface area (Å²) in [6.45, 7) is 2.23. The Labute approximate surface area is 110 Å². The van der Waals surface area contributed by atoms with Gasteiger partial charge >= 0.3 is 0 Å². The maximum absolute atomic E-state index is 9.94. The van der Waals surface area contributed by atoms with Crippen molar-refractivity contribution in [3.05, 3.63) is 35.9 Å². The number of rotatable bonds is 5. The average Bonchev–Trinajstić information content (AvgIpc) is 2.40. The minimum Gasteiger partial charge on any atom is -0.392 e. The van der Waals surface area contributed by atoms with Gasteiger partial charge in [0.25, 0.3) is 0 Å². The van der Waals surface area contributed by atoms with Gasteiger partial charge in [-0.3, -0.25) is 0 Å². The fraction of sp³-hybridized carbons (Fsp3) is 0.625. The third kappa shape index (κ3) is 4.11. The molecule has 1 aromatic carbocycles. The van der Waals surface area contributed by atoms with Gasteiger partial charge in [0, 0.05) is 12.1 Å². The topological polar surface area (TPSA) is 32.3 Å². The first kappa shape index (κ1) is 13.6. The highest BCUT2D eigenvalue weighted by Crippen LogP contribution is 2.19. The van der Waals surface area contributed by atoms with Crippen LogP contribution in [-0.2, 0) is 6.42 Å². The summed E-state index contributed by atoms with van der Waals surface area (Å²) in [5.41, 5.74) is 1.40. The first-order valence-corrected chi connectivity index (χ1v) is 7.24. The van der Waals surface area contributed by atoms with Crippen molar-refractivity contribution in [2.75, 3.05) is 0 Å². The van der Waals surface area contributed by atoms with Gasteiger partial charge in [-0.05, 0) is 38.2 Å². The van der Waals surface area contributed by atoms with Crippen LogP contribution in [0.3, 0.4) is 0 Å². The van der Waals surface area contributed by atoms with Crippen molar-refractivity contribution in [3.8, 4) is 0 Å². The van der Waals surface area contributed by atoms with Gasteiger partial charge in [-0.15, -0.1) is 0 Å². The molecule has 2 nitrogen and oxygen atoms in total. The molecule has 0 spiro atoms. The van der Waals surface area contributed by atoms with Gasteiger partial charge in [0.05, 0.1) is 6.10 Å².